The van der Waals surface area contributed by atoms with Gasteiger partial charge < -0.3 is 5.32 Å². The standard InChI is InChI=1S/C14H18N2O2S.ClH/c1-15-10-5-11-16-19(17,18)14-9-4-7-12-6-2-3-8-13(12)14;/h2-4,6-9,15-16H,5,10-11H2,1H3;1H. The molecule has 2 N–H and O–H groups in total. The molecule has 0 saturated carbocycles. The largest absolute Gasteiger partial charge is 0.320 e. The van der Waals surface area contributed by atoms with Gasteiger partial charge in [-0.2, -0.15) is 0 Å². The molecule has 2 aromatic carbocycles. The van der Waals surface area contributed by atoms with E-state index >= 15 is 0 Å². The Balaban J connectivity index is 0.00000200. The molecule has 0 aliphatic heterocycles. The summed E-state index contributed by atoms with van der Waals surface area (Å²) in [5.74, 6) is 0. The number of hydrogen-bond acceptors (Lipinski definition) is 3. The van der Waals surface area contributed by atoms with Crippen LogP contribution >= 0.6 is 12.4 Å². The Hall–Kier alpha value is -1.14. The third kappa shape index (κ3) is 3.93. The van der Waals surface area contributed by atoms with E-state index in [1.807, 2.05) is 37.4 Å². The maximum absolute atomic E-state index is 12.3. The third-order valence-corrected chi connectivity index (χ3v) is 4.45. The molecule has 0 heterocycles. The third-order valence-electron chi connectivity index (χ3n) is 2.93. The van der Waals surface area contributed by atoms with Crippen LogP contribution < -0.4 is 10.0 Å². The lowest BCUT2D eigenvalue weighted by Gasteiger charge is -2.09. The van der Waals surface area contributed by atoms with E-state index in [-0.39, 0.29) is 12.4 Å². The molecule has 110 valence electrons. The van der Waals surface area contributed by atoms with Gasteiger partial charge >= 0.3 is 0 Å². The average Bonchev–Trinajstić information content (AvgIpc) is 2.43. The number of hydrogen-bond donors (Lipinski definition) is 2. The van der Waals surface area contributed by atoms with Gasteiger partial charge in [0.05, 0.1) is 4.90 Å². The molecule has 0 saturated heterocycles. The second-order valence-corrected chi connectivity index (χ2v) is 6.07. The van der Waals surface area contributed by atoms with E-state index in [1.54, 1.807) is 12.1 Å². The first-order chi connectivity index (χ1) is 9.15. The van der Waals surface area contributed by atoms with Gasteiger partial charge in [0, 0.05) is 11.9 Å². The molecule has 2 rings (SSSR count). The van der Waals surface area contributed by atoms with Crippen molar-refractivity contribution in [1.82, 2.24) is 10.0 Å². The van der Waals surface area contributed by atoms with Crippen LogP contribution in [-0.4, -0.2) is 28.6 Å². The molecule has 0 aliphatic carbocycles. The Labute approximate surface area is 126 Å². The first-order valence-corrected chi connectivity index (χ1v) is 7.75. The quantitative estimate of drug-likeness (QED) is 0.803. The Morgan fingerprint density at radius 3 is 2.45 bits per heavy atom. The van der Waals surface area contributed by atoms with E-state index < -0.39 is 10.0 Å². The average molecular weight is 315 g/mol. The number of benzene rings is 2. The van der Waals surface area contributed by atoms with Crippen LogP contribution in [0.4, 0.5) is 0 Å². The monoisotopic (exact) mass is 314 g/mol. The van der Waals surface area contributed by atoms with Crippen molar-refractivity contribution in [3.05, 3.63) is 42.5 Å². The fraction of sp³-hybridized carbons (Fsp3) is 0.286. The van der Waals surface area contributed by atoms with Gasteiger partial charge in [-0.3, -0.25) is 0 Å². The fourth-order valence-corrected chi connectivity index (χ4v) is 3.28. The van der Waals surface area contributed by atoms with Crippen LogP contribution in [0.15, 0.2) is 47.4 Å². The van der Waals surface area contributed by atoms with Gasteiger partial charge in [0.15, 0.2) is 0 Å². The molecular formula is C14H19ClN2O2S. The van der Waals surface area contributed by atoms with Crippen molar-refractivity contribution in [3.63, 3.8) is 0 Å². The lowest BCUT2D eigenvalue weighted by molar-refractivity contribution is 0.578. The van der Waals surface area contributed by atoms with Gasteiger partial charge in [0.25, 0.3) is 0 Å². The van der Waals surface area contributed by atoms with Crippen LogP contribution in [0, 0.1) is 0 Å². The number of rotatable bonds is 6. The van der Waals surface area contributed by atoms with Crippen molar-refractivity contribution in [2.75, 3.05) is 20.1 Å². The maximum Gasteiger partial charge on any atom is 0.241 e. The Kier molecular flexibility index (Phi) is 6.42. The molecule has 0 radical (unpaired) electrons. The minimum Gasteiger partial charge on any atom is -0.320 e. The molecule has 0 amide bonds. The summed E-state index contributed by atoms with van der Waals surface area (Å²) in [5, 5.41) is 4.68. The summed E-state index contributed by atoms with van der Waals surface area (Å²) in [6, 6.07) is 12.8. The number of sulfonamides is 1. The first-order valence-electron chi connectivity index (χ1n) is 6.27. The zero-order chi connectivity index (χ0) is 13.7. The van der Waals surface area contributed by atoms with E-state index in [2.05, 4.69) is 10.0 Å². The van der Waals surface area contributed by atoms with Crippen LogP contribution in [0.3, 0.4) is 0 Å². The van der Waals surface area contributed by atoms with Gasteiger partial charge in [-0.1, -0.05) is 36.4 Å². The lowest BCUT2D eigenvalue weighted by atomic mass is 10.1. The van der Waals surface area contributed by atoms with E-state index in [0.717, 1.165) is 23.7 Å². The minimum atomic E-state index is -3.45. The highest BCUT2D eigenvalue weighted by atomic mass is 35.5. The predicted octanol–water partition coefficient (Wildman–Crippen LogP) is 2.15. The zero-order valence-electron chi connectivity index (χ0n) is 11.3. The van der Waals surface area contributed by atoms with Crippen LogP contribution in [-0.2, 0) is 10.0 Å². The molecule has 0 unspecified atom stereocenters. The summed E-state index contributed by atoms with van der Waals surface area (Å²) in [4.78, 5) is 0.343. The molecule has 0 bridgehead atoms. The summed E-state index contributed by atoms with van der Waals surface area (Å²) < 4.78 is 27.2. The zero-order valence-corrected chi connectivity index (χ0v) is 12.9. The highest BCUT2D eigenvalue weighted by Gasteiger charge is 2.15. The second kappa shape index (κ2) is 7.59. The molecule has 4 nitrogen and oxygen atoms in total. The normalized spacial score (nSPS) is 11.2. The smallest absolute Gasteiger partial charge is 0.241 e. The molecule has 6 heteroatoms. The van der Waals surface area contributed by atoms with E-state index in [0.29, 0.717) is 11.4 Å². The van der Waals surface area contributed by atoms with Crippen molar-refractivity contribution in [3.8, 4) is 0 Å². The van der Waals surface area contributed by atoms with Gasteiger partial charge in [0.1, 0.15) is 0 Å². The SMILES string of the molecule is CNCCCNS(=O)(=O)c1cccc2ccccc12.Cl. The molecule has 0 atom stereocenters. The van der Waals surface area contributed by atoms with E-state index in [9.17, 15) is 8.42 Å². The van der Waals surface area contributed by atoms with Gasteiger partial charge in [-0.05, 0) is 31.5 Å². The van der Waals surface area contributed by atoms with Crippen molar-refractivity contribution < 1.29 is 8.42 Å². The summed E-state index contributed by atoms with van der Waals surface area (Å²) in [6.45, 7) is 1.23. The highest BCUT2D eigenvalue weighted by Crippen LogP contribution is 2.22. The Morgan fingerprint density at radius 2 is 1.70 bits per heavy atom. The van der Waals surface area contributed by atoms with Gasteiger partial charge in [0.2, 0.25) is 10.0 Å². The number of halogens is 1. The molecule has 2 aromatic rings. The molecule has 20 heavy (non-hydrogen) atoms. The van der Waals surface area contributed by atoms with Crippen LogP contribution in [0.1, 0.15) is 6.42 Å². The van der Waals surface area contributed by atoms with Crippen LogP contribution in [0.25, 0.3) is 10.8 Å². The minimum absolute atomic E-state index is 0. The maximum atomic E-state index is 12.3. The Morgan fingerprint density at radius 1 is 1.00 bits per heavy atom. The molecule has 0 aliphatic rings. The highest BCUT2D eigenvalue weighted by molar-refractivity contribution is 7.89. The Bertz CT molecular complexity index is 654. The predicted molar refractivity (Wildman–Crippen MR) is 84.9 cm³/mol. The van der Waals surface area contributed by atoms with Crippen LogP contribution in [0.5, 0.6) is 0 Å². The first kappa shape index (κ1) is 16.9. The van der Waals surface area contributed by atoms with Crippen molar-refractivity contribution in [2.24, 2.45) is 0 Å². The summed E-state index contributed by atoms with van der Waals surface area (Å²) in [5.41, 5.74) is 0. The van der Waals surface area contributed by atoms with Gasteiger partial charge in [-0.15, -0.1) is 12.4 Å². The molecule has 0 fully saturated rings. The van der Waals surface area contributed by atoms with E-state index in [1.165, 1.54) is 0 Å². The number of nitrogens with one attached hydrogen (secondary N) is 2. The molecular weight excluding hydrogens is 296 g/mol. The summed E-state index contributed by atoms with van der Waals surface area (Å²) in [6.07, 6.45) is 0.764. The topological polar surface area (TPSA) is 58.2 Å². The van der Waals surface area contributed by atoms with Crippen molar-refractivity contribution in [2.45, 2.75) is 11.3 Å². The molecule has 0 spiro atoms. The van der Waals surface area contributed by atoms with Crippen molar-refractivity contribution in [1.29, 1.82) is 0 Å². The number of fused-ring (bicyclic) bond motifs is 1. The van der Waals surface area contributed by atoms with E-state index in [4.69, 9.17) is 0 Å². The molecule has 0 aromatic heterocycles. The lowest BCUT2D eigenvalue weighted by Crippen LogP contribution is -2.27. The van der Waals surface area contributed by atoms with Crippen molar-refractivity contribution >= 4 is 33.2 Å². The fourth-order valence-electron chi connectivity index (χ4n) is 1.98. The summed E-state index contributed by atoms with van der Waals surface area (Å²) in [7, 11) is -1.60. The van der Waals surface area contributed by atoms with Crippen LogP contribution in [0.2, 0.25) is 0 Å². The van der Waals surface area contributed by atoms with Gasteiger partial charge in [-0.25, -0.2) is 13.1 Å². The second-order valence-electron chi connectivity index (χ2n) is 4.33. The summed E-state index contributed by atoms with van der Waals surface area (Å²) >= 11 is 0.